The molecule has 4 amide bonds. The highest BCUT2D eigenvalue weighted by molar-refractivity contribution is 7.87. The van der Waals surface area contributed by atoms with Crippen LogP contribution in [0.3, 0.4) is 0 Å². The van der Waals surface area contributed by atoms with E-state index in [-0.39, 0.29) is 29.3 Å². The molecule has 152 valence electrons. The summed E-state index contributed by atoms with van der Waals surface area (Å²) in [6, 6.07) is 0. The van der Waals surface area contributed by atoms with Crippen LogP contribution in [0.25, 0.3) is 0 Å². The highest BCUT2D eigenvalue weighted by atomic mass is 32.2. The number of nitrogens with zero attached hydrogens (tertiary/aromatic N) is 2. The van der Waals surface area contributed by atoms with Crippen molar-refractivity contribution < 1.29 is 41.8 Å². The van der Waals surface area contributed by atoms with Gasteiger partial charge in [-0.1, -0.05) is 0 Å². The van der Waals surface area contributed by atoms with Crippen LogP contribution in [-0.4, -0.2) is 64.3 Å². The molecular formula is C16H18N2O9S. The lowest BCUT2D eigenvalue weighted by Crippen LogP contribution is -2.40. The summed E-state index contributed by atoms with van der Waals surface area (Å²) in [4.78, 5) is 65.0. The fraction of sp³-hybridized carbons (Fsp3) is 0.562. The van der Waals surface area contributed by atoms with E-state index in [1.54, 1.807) is 0 Å². The summed E-state index contributed by atoms with van der Waals surface area (Å²) in [5, 5.41) is -1.87. The number of hydrogen-bond acceptors (Lipinski definition) is 8. The van der Waals surface area contributed by atoms with Gasteiger partial charge in [0.15, 0.2) is 5.25 Å². The molecule has 2 aliphatic heterocycles. The Bertz CT molecular complexity index is 853. The topological polar surface area (TPSA) is 155 Å². The minimum Gasteiger partial charge on any atom is -0.330 e. The number of imide groups is 2. The lowest BCUT2D eigenvalue weighted by Gasteiger charge is -2.29. The SMILES string of the molecule is O=C(ON1C(=O)CC(S(=O)(=O)O)C1=O)C1CCC(CN2C(=O)C=CC2=O)CC1. The van der Waals surface area contributed by atoms with E-state index in [0.717, 1.165) is 4.90 Å². The van der Waals surface area contributed by atoms with E-state index in [2.05, 4.69) is 0 Å². The fourth-order valence-corrected chi connectivity index (χ4v) is 4.23. The Labute approximate surface area is 160 Å². The van der Waals surface area contributed by atoms with Gasteiger partial charge in [0.05, 0.1) is 12.3 Å². The predicted molar refractivity (Wildman–Crippen MR) is 89.2 cm³/mol. The number of amides is 4. The minimum absolute atomic E-state index is 0.0239. The second-order valence-electron chi connectivity index (χ2n) is 6.98. The van der Waals surface area contributed by atoms with Crippen LogP contribution < -0.4 is 0 Å². The second kappa shape index (κ2) is 7.43. The minimum atomic E-state index is -4.77. The molecule has 2 heterocycles. The third kappa shape index (κ3) is 3.97. The van der Waals surface area contributed by atoms with Crippen molar-refractivity contribution in [1.82, 2.24) is 9.96 Å². The molecule has 0 aromatic rings. The summed E-state index contributed by atoms with van der Waals surface area (Å²) in [5.74, 6) is -4.48. The monoisotopic (exact) mass is 414 g/mol. The smallest absolute Gasteiger partial charge is 0.330 e. The molecule has 3 aliphatic rings. The number of carbonyl (C=O) groups is 5. The highest BCUT2D eigenvalue weighted by Gasteiger charge is 2.49. The number of carbonyl (C=O) groups excluding carboxylic acids is 5. The van der Waals surface area contributed by atoms with Gasteiger partial charge in [0, 0.05) is 18.7 Å². The van der Waals surface area contributed by atoms with Crippen molar-refractivity contribution in [2.24, 2.45) is 11.8 Å². The first-order valence-corrected chi connectivity index (χ1v) is 10.2. The summed E-state index contributed by atoms with van der Waals surface area (Å²) in [5.41, 5.74) is 0. The van der Waals surface area contributed by atoms with Gasteiger partial charge in [0.2, 0.25) is 0 Å². The van der Waals surface area contributed by atoms with Crippen molar-refractivity contribution in [1.29, 1.82) is 0 Å². The molecule has 12 heteroatoms. The third-order valence-corrected chi connectivity index (χ3v) is 6.21. The standard InChI is InChI=1S/C16H18N2O9S/c19-12-5-6-13(20)17(12)8-9-1-3-10(4-2-9)16(23)27-18-14(21)7-11(15(18)22)28(24,25)26/h5-6,9-11H,1-4,7-8H2,(H,24,25,26). The molecule has 3 rings (SSSR count). The van der Waals surface area contributed by atoms with Crippen LogP contribution in [0.2, 0.25) is 0 Å². The van der Waals surface area contributed by atoms with Crippen molar-refractivity contribution in [2.75, 3.05) is 6.54 Å². The first kappa shape index (κ1) is 20.1. The highest BCUT2D eigenvalue weighted by Crippen LogP contribution is 2.31. The van der Waals surface area contributed by atoms with Crippen molar-refractivity contribution in [3.05, 3.63) is 12.2 Å². The Morgan fingerprint density at radius 1 is 1.07 bits per heavy atom. The largest absolute Gasteiger partial charge is 0.336 e. The van der Waals surface area contributed by atoms with E-state index >= 15 is 0 Å². The second-order valence-corrected chi connectivity index (χ2v) is 8.58. The zero-order chi connectivity index (χ0) is 20.6. The van der Waals surface area contributed by atoms with Crippen LogP contribution in [0, 0.1) is 11.8 Å². The number of rotatable bonds is 5. The maximum absolute atomic E-state index is 12.2. The lowest BCUT2D eigenvalue weighted by atomic mass is 9.82. The molecule has 0 radical (unpaired) electrons. The maximum atomic E-state index is 12.2. The molecule has 0 aromatic carbocycles. The number of hydrogen-bond donors (Lipinski definition) is 1. The first-order chi connectivity index (χ1) is 13.1. The average molecular weight is 414 g/mol. The van der Waals surface area contributed by atoms with E-state index in [9.17, 15) is 32.4 Å². The van der Waals surface area contributed by atoms with E-state index in [1.165, 1.54) is 12.2 Å². The van der Waals surface area contributed by atoms with Gasteiger partial charge in [0.25, 0.3) is 33.7 Å². The molecule has 28 heavy (non-hydrogen) atoms. The average Bonchev–Trinajstić information content (AvgIpc) is 3.09. The van der Waals surface area contributed by atoms with Crippen LogP contribution in [0.5, 0.6) is 0 Å². The van der Waals surface area contributed by atoms with Gasteiger partial charge in [-0.15, -0.1) is 5.06 Å². The van der Waals surface area contributed by atoms with E-state index in [4.69, 9.17) is 9.39 Å². The Kier molecular flexibility index (Phi) is 5.35. The summed E-state index contributed by atoms with van der Waals surface area (Å²) in [6.45, 7) is 0.256. The Hall–Kier alpha value is -2.60. The van der Waals surface area contributed by atoms with Crippen LogP contribution in [-0.2, 0) is 38.9 Å². The van der Waals surface area contributed by atoms with Crippen molar-refractivity contribution in [3.63, 3.8) is 0 Å². The van der Waals surface area contributed by atoms with Gasteiger partial charge in [0.1, 0.15) is 0 Å². The normalized spacial score (nSPS) is 28.4. The van der Waals surface area contributed by atoms with Gasteiger partial charge in [-0.2, -0.15) is 8.42 Å². The summed E-state index contributed by atoms with van der Waals surface area (Å²) >= 11 is 0. The molecule has 0 bridgehead atoms. The van der Waals surface area contributed by atoms with Crippen molar-refractivity contribution >= 4 is 39.7 Å². The molecule has 0 spiro atoms. The first-order valence-electron chi connectivity index (χ1n) is 8.66. The summed E-state index contributed by atoms with van der Waals surface area (Å²) in [7, 11) is -4.77. The van der Waals surface area contributed by atoms with Gasteiger partial charge in [-0.3, -0.25) is 28.6 Å². The number of hydroxylamine groups is 2. The predicted octanol–water partition coefficient (Wildman–Crippen LogP) is -0.809. The molecule has 1 saturated carbocycles. The molecule has 1 N–H and O–H groups in total. The van der Waals surface area contributed by atoms with E-state index < -0.39 is 45.5 Å². The van der Waals surface area contributed by atoms with Crippen molar-refractivity contribution in [2.45, 2.75) is 37.4 Å². The molecule has 0 aromatic heterocycles. The molecule has 1 aliphatic carbocycles. The Balaban J connectivity index is 1.52. The van der Waals surface area contributed by atoms with Gasteiger partial charge < -0.3 is 4.84 Å². The van der Waals surface area contributed by atoms with E-state index in [0.29, 0.717) is 25.7 Å². The van der Waals surface area contributed by atoms with Gasteiger partial charge in [-0.25, -0.2) is 4.79 Å². The maximum Gasteiger partial charge on any atom is 0.336 e. The molecule has 11 nitrogen and oxygen atoms in total. The summed E-state index contributed by atoms with van der Waals surface area (Å²) < 4.78 is 31.2. The Morgan fingerprint density at radius 3 is 2.14 bits per heavy atom. The summed E-state index contributed by atoms with van der Waals surface area (Å²) in [6.07, 6.45) is 3.42. The lowest BCUT2D eigenvalue weighted by molar-refractivity contribution is -0.201. The quantitative estimate of drug-likeness (QED) is 0.449. The fourth-order valence-electron chi connectivity index (χ4n) is 3.53. The molecule has 1 atom stereocenters. The zero-order valence-corrected chi connectivity index (χ0v) is 15.5. The molecule has 1 unspecified atom stereocenters. The van der Waals surface area contributed by atoms with Crippen LogP contribution in [0.15, 0.2) is 12.2 Å². The molecule has 1 saturated heterocycles. The third-order valence-electron chi connectivity index (χ3n) is 5.12. The zero-order valence-electron chi connectivity index (χ0n) is 14.6. The van der Waals surface area contributed by atoms with Gasteiger partial charge >= 0.3 is 5.97 Å². The van der Waals surface area contributed by atoms with Crippen LogP contribution in [0.4, 0.5) is 0 Å². The van der Waals surface area contributed by atoms with Crippen LogP contribution in [0.1, 0.15) is 32.1 Å². The Morgan fingerprint density at radius 2 is 1.64 bits per heavy atom. The molecule has 2 fully saturated rings. The van der Waals surface area contributed by atoms with Gasteiger partial charge in [-0.05, 0) is 31.6 Å². The van der Waals surface area contributed by atoms with Crippen molar-refractivity contribution in [3.8, 4) is 0 Å². The molecular weight excluding hydrogens is 396 g/mol. The van der Waals surface area contributed by atoms with Crippen LogP contribution >= 0.6 is 0 Å². The van der Waals surface area contributed by atoms with E-state index in [1.807, 2.05) is 0 Å².